The molecule has 0 spiro atoms. The van der Waals surface area contributed by atoms with E-state index < -0.39 is 22.0 Å². The molecule has 19 heavy (non-hydrogen) atoms. The van der Waals surface area contributed by atoms with Crippen molar-refractivity contribution in [1.82, 2.24) is 0 Å². The van der Waals surface area contributed by atoms with E-state index in [2.05, 4.69) is 13.8 Å². The molecule has 0 saturated heterocycles. The van der Waals surface area contributed by atoms with Crippen LogP contribution in [0, 0.1) is 5.92 Å². The highest BCUT2D eigenvalue weighted by Gasteiger charge is 2.28. The zero-order valence-electron chi connectivity index (χ0n) is 11.9. The Morgan fingerprint density at radius 2 is 1.68 bits per heavy atom. The molecule has 0 heterocycles. The zero-order valence-corrected chi connectivity index (χ0v) is 12.7. The maximum absolute atomic E-state index is 12.1. The summed E-state index contributed by atoms with van der Waals surface area (Å²) in [5, 5.41) is 8.31. The largest absolute Gasteiger partial charge is 0.480 e. The van der Waals surface area contributed by atoms with Crippen molar-refractivity contribution in [1.29, 1.82) is 0 Å². The Balaban J connectivity index is 2.78. The van der Waals surface area contributed by atoms with Gasteiger partial charge in [0.15, 0.2) is 0 Å². The normalized spacial score (nSPS) is 14.6. The first-order valence-electron chi connectivity index (χ1n) is 6.51. The topological polar surface area (TPSA) is 54.4 Å². The highest BCUT2D eigenvalue weighted by molar-refractivity contribution is 7.85. The summed E-state index contributed by atoms with van der Waals surface area (Å²) in [6.07, 6.45) is 0. The highest BCUT2D eigenvalue weighted by atomic mass is 32.2. The molecule has 1 N–H and O–H groups in total. The van der Waals surface area contributed by atoms with Gasteiger partial charge in [-0.2, -0.15) is 0 Å². The van der Waals surface area contributed by atoms with Crippen molar-refractivity contribution in [2.75, 3.05) is 0 Å². The molecule has 0 aliphatic carbocycles. The first-order chi connectivity index (χ1) is 8.82. The SMILES string of the molecule is CC(C)c1ccc(CS(=O)C(C(=O)O)C(C)C)cc1. The third-order valence-electron chi connectivity index (χ3n) is 3.09. The van der Waals surface area contributed by atoms with Crippen LogP contribution in [0.4, 0.5) is 0 Å². The zero-order chi connectivity index (χ0) is 14.6. The van der Waals surface area contributed by atoms with Gasteiger partial charge < -0.3 is 5.11 Å². The first-order valence-corrected chi connectivity index (χ1v) is 7.90. The predicted octanol–water partition coefficient (Wildman–Crippen LogP) is 3.17. The molecule has 4 heteroatoms. The van der Waals surface area contributed by atoms with Gasteiger partial charge in [0.2, 0.25) is 0 Å². The quantitative estimate of drug-likeness (QED) is 0.872. The smallest absolute Gasteiger partial charge is 0.319 e. The number of rotatable bonds is 6. The molecule has 106 valence electrons. The lowest BCUT2D eigenvalue weighted by atomic mass is 10.0. The summed E-state index contributed by atoms with van der Waals surface area (Å²) in [4.78, 5) is 11.1. The summed E-state index contributed by atoms with van der Waals surface area (Å²) < 4.78 is 12.1. The number of carboxylic acids is 1. The molecule has 2 unspecified atom stereocenters. The van der Waals surface area contributed by atoms with Gasteiger partial charge in [-0.25, -0.2) is 0 Å². The van der Waals surface area contributed by atoms with Crippen LogP contribution in [0.25, 0.3) is 0 Å². The second-order valence-corrected chi connectivity index (χ2v) is 6.98. The van der Waals surface area contributed by atoms with Crippen LogP contribution in [0.1, 0.15) is 44.7 Å². The van der Waals surface area contributed by atoms with Crippen LogP contribution in [-0.2, 0) is 21.3 Å². The number of carbonyl (C=O) groups is 1. The van der Waals surface area contributed by atoms with Crippen molar-refractivity contribution in [3.05, 3.63) is 35.4 Å². The molecule has 0 bridgehead atoms. The molecular formula is C15H22O3S. The summed E-state index contributed by atoms with van der Waals surface area (Å²) in [6, 6.07) is 7.91. The van der Waals surface area contributed by atoms with E-state index in [1.54, 1.807) is 13.8 Å². The molecule has 0 radical (unpaired) electrons. The van der Waals surface area contributed by atoms with Gasteiger partial charge in [-0.1, -0.05) is 52.0 Å². The summed E-state index contributed by atoms with van der Waals surface area (Å²) in [5.74, 6) is -0.351. The van der Waals surface area contributed by atoms with E-state index in [0.717, 1.165) is 5.56 Å². The lowest BCUT2D eigenvalue weighted by Gasteiger charge is -2.16. The fourth-order valence-corrected chi connectivity index (χ4v) is 3.49. The third-order valence-corrected chi connectivity index (χ3v) is 5.02. The second kappa shape index (κ2) is 6.85. The fraction of sp³-hybridized carbons (Fsp3) is 0.533. The third kappa shape index (κ3) is 4.46. The first kappa shape index (κ1) is 15.9. The predicted molar refractivity (Wildman–Crippen MR) is 78.6 cm³/mol. The number of benzene rings is 1. The monoisotopic (exact) mass is 282 g/mol. The van der Waals surface area contributed by atoms with Crippen molar-refractivity contribution in [3.63, 3.8) is 0 Å². The van der Waals surface area contributed by atoms with Crippen molar-refractivity contribution >= 4 is 16.8 Å². The molecule has 1 aromatic carbocycles. The van der Waals surface area contributed by atoms with E-state index in [1.807, 2.05) is 24.3 Å². The van der Waals surface area contributed by atoms with Gasteiger partial charge in [0.05, 0.1) is 0 Å². The highest BCUT2D eigenvalue weighted by Crippen LogP contribution is 2.18. The van der Waals surface area contributed by atoms with Crippen LogP contribution in [0.5, 0.6) is 0 Å². The molecule has 3 nitrogen and oxygen atoms in total. The van der Waals surface area contributed by atoms with E-state index in [9.17, 15) is 9.00 Å². The van der Waals surface area contributed by atoms with Crippen LogP contribution >= 0.6 is 0 Å². The number of carboxylic acid groups (broad SMARTS) is 1. The molecule has 2 atom stereocenters. The summed E-state index contributed by atoms with van der Waals surface area (Å²) in [5.41, 5.74) is 2.16. The van der Waals surface area contributed by atoms with Crippen LogP contribution < -0.4 is 0 Å². The molecule has 0 amide bonds. The van der Waals surface area contributed by atoms with Crippen LogP contribution in [0.3, 0.4) is 0 Å². The van der Waals surface area contributed by atoms with Gasteiger partial charge in [-0.15, -0.1) is 0 Å². The average Bonchev–Trinajstić information content (AvgIpc) is 2.28. The standard InChI is InChI=1S/C15H22O3S/c1-10(2)13-7-5-12(6-8-13)9-19(18)14(11(3)4)15(16)17/h5-8,10-11,14H,9H2,1-4H3,(H,16,17). The van der Waals surface area contributed by atoms with Crippen molar-refractivity contribution < 1.29 is 14.1 Å². The molecule has 0 aliphatic rings. The van der Waals surface area contributed by atoms with E-state index in [-0.39, 0.29) is 5.92 Å². The molecular weight excluding hydrogens is 260 g/mol. The minimum Gasteiger partial charge on any atom is -0.480 e. The molecule has 0 saturated carbocycles. The Hall–Kier alpha value is -1.16. The average molecular weight is 282 g/mol. The molecule has 0 aliphatic heterocycles. The minimum atomic E-state index is -1.39. The van der Waals surface area contributed by atoms with E-state index in [0.29, 0.717) is 11.7 Å². The second-order valence-electron chi connectivity index (χ2n) is 5.42. The fourth-order valence-electron chi connectivity index (χ4n) is 1.95. The summed E-state index contributed by atoms with van der Waals surface area (Å²) in [6.45, 7) is 7.82. The van der Waals surface area contributed by atoms with Gasteiger partial charge in [0, 0.05) is 16.6 Å². The van der Waals surface area contributed by atoms with Crippen LogP contribution in [0.15, 0.2) is 24.3 Å². The van der Waals surface area contributed by atoms with Crippen molar-refractivity contribution in [3.8, 4) is 0 Å². The van der Waals surface area contributed by atoms with Gasteiger partial charge in [0.1, 0.15) is 5.25 Å². The Kier molecular flexibility index (Phi) is 5.73. The van der Waals surface area contributed by atoms with Gasteiger partial charge in [0.25, 0.3) is 0 Å². The molecule has 1 aromatic rings. The van der Waals surface area contributed by atoms with E-state index in [4.69, 9.17) is 5.11 Å². The van der Waals surface area contributed by atoms with Gasteiger partial charge >= 0.3 is 5.97 Å². The Morgan fingerprint density at radius 1 is 1.16 bits per heavy atom. The van der Waals surface area contributed by atoms with E-state index in [1.165, 1.54) is 5.56 Å². The summed E-state index contributed by atoms with van der Waals surface area (Å²) >= 11 is 0. The van der Waals surface area contributed by atoms with Crippen molar-refractivity contribution in [2.45, 2.75) is 44.6 Å². The maximum atomic E-state index is 12.1. The lowest BCUT2D eigenvalue weighted by molar-refractivity contribution is -0.137. The molecule has 0 fully saturated rings. The summed E-state index contributed by atoms with van der Waals surface area (Å²) in [7, 11) is -1.39. The van der Waals surface area contributed by atoms with Gasteiger partial charge in [-0.05, 0) is 23.0 Å². The van der Waals surface area contributed by atoms with Crippen molar-refractivity contribution in [2.24, 2.45) is 5.92 Å². The Morgan fingerprint density at radius 3 is 2.05 bits per heavy atom. The number of hydrogen-bond acceptors (Lipinski definition) is 2. The Bertz CT molecular complexity index is 449. The number of hydrogen-bond donors (Lipinski definition) is 1. The van der Waals surface area contributed by atoms with Gasteiger partial charge in [-0.3, -0.25) is 9.00 Å². The number of aliphatic carboxylic acids is 1. The van der Waals surface area contributed by atoms with E-state index >= 15 is 0 Å². The minimum absolute atomic E-state index is 0.131. The molecule has 1 rings (SSSR count). The van der Waals surface area contributed by atoms with Crippen LogP contribution in [-0.4, -0.2) is 20.5 Å². The van der Waals surface area contributed by atoms with Crippen LogP contribution in [0.2, 0.25) is 0 Å². The lowest BCUT2D eigenvalue weighted by Crippen LogP contribution is -2.31. The Labute approximate surface area is 117 Å². The molecule has 0 aromatic heterocycles. The maximum Gasteiger partial charge on any atom is 0.319 e.